The molecule has 0 saturated carbocycles. The second-order valence-corrected chi connectivity index (χ2v) is 7.71. The first-order valence-corrected chi connectivity index (χ1v) is 9.00. The van der Waals surface area contributed by atoms with E-state index in [-0.39, 0.29) is 24.0 Å². The van der Waals surface area contributed by atoms with Crippen molar-refractivity contribution >= 4 is 40.0 Å². The van der Waals surface area contributed by atoms with E-state index < -0.39 is 15.6 Å². The quantitative estimate of drug-likeness (QED) is 0.347. The van der Waals surface area contributed by atoms with Crippen molar-refractivity contribution in [1.82, 2.24) is 15.4 Å². The Kier molecular flexibility index (Phi) is 9.07. The molecule has 0 radical (unpaired) electrons. The van der Waals surface area contributed by atoms with E-state index in [4.69, 9.17) is 0 Å². The molecule has 0 aliphatic rings. The fourth-order valence-electron chi connectivity index (χ4n) is 2.05. The van der Waals surface area contributed by atoms with Gasteiger partial charge in [-0.15, -0.1) is 24.0 Å². The number of hydrogen-bond acceptors (Lipinski definition) is 3. The molecule has 0 spiro atoms. The zero-order valence-corrected chi connectivity index (χ0v) is 17.5. The third kappa shape index (κ3) is 9.11. The number of nitrogens with zero attached hydrogens (tertiary/aromatic N) is 1. The molecule has 23 heavy (non-hydrogen) atoms. The van der Waals surface area contributed by atoms with E-state index in [0.717, 1.165) is 6.26 Å². The number of benzene rings is 1. The molecule has 0 fully saturated rings. The highest BCUT2D eigenvalue weighted by atomic mass is 127. The van der Waals surface area contributed by atoms with Gasteiger partial charge < -0.3 is 10.6 Å². The van der Waals surface area contributed by atoms with Crippen LogP contribution in [-0.4, -0.2) is 39.8 Å². The molecule has 0 bridgehead atoms. The van der Waals surface area contributed by atoms with Crippen molar-refractivity contribution in [2.75, 3.05) is 19.8 Å². The lowest BCUT2D eigenvalue weighted by Crippen LogP contribution is -2.52. The van der Waals surface area contributed by atoms with E-state index >= 15 is 0 Å². The summed E-state index contributed by atoms with van der Waals surface area (Å²) in [5.41, 5.74) is 1.80. The molecule has 0 aromatic heterocycles. The van der Waals surface area contributed by atoms with Crippen LogP contribution in [0.15, 0.2) is 29.3 Å². The largest absolute Gasteiger partial charge is 0.355 e. The Labute approximate surface area is 156 Å². The Bertz CT molecular complexity index is 630. The molecule has 1 rings (SSSR count). The summed E-state index contributed by atoms with van der Waals surface area (Å²) >= 11 is 0. The minimum Gasteiger partial charge on any atom is -0.355 e. The second-order valence-electron chi connectivity index (χ2n) is 5.96. The van der Waals surface area contributed by atoms with Crippen molar-refractivity contribution in [3.63, 3.8) is 0 Å². The van der Waals surface area contributed by atoms with Crippen molar-refractivity contribution in [3.05, 3.63) is 35.4 Å². The predicted octanol–water partition coefficient (Wildman–Crippen LogP) is 1.61. The topological polar surface area (TPSA) is 82.6 Å². The second kappa shape index (κ2) is 9.43. The predicted molar refractivity (Wildman–Crippen MR) is 107 cm³/mol. The maximum Gasteiger partial charge on any atom is 0.209 e. The number of hydrogen-bond donors (Lipinski definition) is 3. The van der Waals surface area contributed by atoms with Gasteiger partial charge in [-0.2, -0.15) is 0 Å². The van der Waals surface area contributed by atoms with Crippen LogP contribution in [0.5, 0.6) is 0 Å². The monoisotopic (exact) mass is 454 g/mol. The van der Waals surface area contributed by atoms with Crippen LogP contribution in [0.25, 0.3) is 0 Å². The normalized spacial score (nSPS) is 12.5. The van der Waals surface area contributed by atoms with Gasteiger partial charge in [0.1, 0.15) is 0 Å². The van der Waals surface area contributed by atoms with Crippen LogP contribution >= 0.6 is 24.0 Å². The summed E-state index contributed by atoms with van der Waals surface area (Å²) in [6.45, 7) is 6.78. The summed E-state index contributed by atoms with van der Waals surface area (Å²) in [6, 6.07) is 8.13. The van der Waals surface area contributed by atoms with Gasteiger partial charge in [0, 0.05) is 25.7 Å². The fourth-order valence-corrected chi connectivity index (χ4v) is 3.13. The molecule has 132 valence electrons. The van der Waals surface area contributed by atoms with Crippen molar-refractivity contribution in [1.29, 1.82) is 0 Å². The zero-order chi connectivity index (χ0) is 16.8. The van der Waals surface area contributed by atoms with Crippen LogP contribution in [0, 0.1) is 6.92 Å². The molecule has 1 aromatic carbocycles. The van der Waals surface area contributed by atoms with E-state index in [1.807, 2.05) is 26.0 Å². The lowest BCUT2D eigenvalue weighted by Gasteiger charge is -2.26. The highest BCUT2D eigenvalue weighted by Crippen LogP contribution is 2.06. The van der Waals surface area contributed by atoms with Crippen molar-refractivity contribution in [2.24, 2.45) is 4.99 Å². The summed E-state index contributed by atoms with van der Waals surface area (Å²) in [6.07, 6.45) is 1.15. The average molecular weight is 454 g/mol. The van der Waals surface area contributed by atoms with E-state index in [9.17, 15) is 8.42 Å². The average Bonchev–Trinajstić information content (AvgIpc) is 2.38. The van der Waals surface area contributed by atoms with E-state index in [1.165, 1.54) is 11.1 Å². The first-order chi connectivity index (χ1) is 10.1. The first-order valence-electron chi connectivity index (χ1n) is 7.11. The number of guanidine groups is 1. The van der Waals surface area contributed by atoms with Gasteiger partial charge in [-0.25, -0.2) is 13.1 Å². The van der Waals surface area contributed by atoms with Gasteiger partial charge >= 0.3 is 0 Å². The third-order valence-corrected chi connectivity index (χ3v) is 4.01. The highest BCUT2D eigenvalue weighted by Gasteiger charge is 2.22. The fraction of sp³-hybridized carbons (Fsp3) is 0.533. The van der Waals surface area contributed by atoms with Gasteiger partial charge in [-0.1, -0.05) is 24.3 Å². The molecule has 0 aliphatic carbocycles. The van der Waals surface area contributed by atoms with E-state index in [1.54, 1.807) is 7.05 Å². The van der Waals surface area contributed by atoms with Gasteiger partial charge in [0.05, 0.1) is 6.26 Å². The Balaban J connectivity index is 0.00000484. The molecule has 0 aliphatic heterocycles. The molecule has 3 N–H and O–H groups in total. The molecular formula is C15H27IN4O2S. The molecule has 0 atom stereocenters. The highest BCUT2D eigenvalue weighted by molar-refractivity contribution is 14.0. The Morgan fingerprint density at radius 1 is 1.22 bits per heavy atom. The van der Waals surface area contributed by atoms with E-state index in [2.05, 4.69) is 39.4 Å². The van der Waals surface area contributed by atoms with Gasteiger partial charge in [-0.3, -0.25) is 4.99 Å². The lowest BCUT2D eigenvalue weighted by molar-refractivity contribution is 0.446. The Morgan fingerprint density at radius 3 is 2.35 bits per heavy atom. The number of halogens is 1. The van der Waals surface area contributed by atoms with Crippen LogP contribution < -0.4 is 15.4 Å². The number of aryl methyl sites for hydroxylation is 1. The van der Waals surface area contributed by atoms with Crippen molar-refractivity contribution in [3.8, 4) is 0 Å². The van der Waals surface area contributed by atoms with Gasteiger partial charge in [0.2, 0.25) is 10.0 Å². The van der Waals surface area contributed by atoms with Gasteiger partial charge in [0.25, 0.3) is 0 Å². The van der Waals surface area contributed by atoms with Crippen LogP contribution in [0.4, 0.5) is 0 Å². The summed E-state index contributed by atoms with van der Waals surface area (Å²) in [5, 5.41) is 6.36. The summed E-state index contributed by atoms with van der Waals surface area (Å²) in [4.78, 5) is 4.15. The Morgan fingerprint density at radius 2 is 1.83 bits per heavy atom. The molecule has 0 unspecified atom stereocenters. The standard InChI is InChI=1S/C15H26N4O2S.HI/c1-12-8-6-7-9-13(12)10-17-14(16-4)18-11-15(2,3)19-22(5,20)21;/h6-9,19H,10-11H2,1-5H3,(H2,16,17,18);1H. The molecule has 0 heterocycles. The van der Waals surface area contributed by atoms with Crippen LogP contribution in [-0.2, 0) is 16.6 Å². The summed E-state index contributed by atoms with van der Waals surface area (Å²) < 4.78 is 25.2. The van der Waals surface area contributed by atoms with Gasteiger partial charge in [-0.05, 0) is 31.9 Å². The molecule has 8 heteroatoms. The van der Waals surface area contributed by atoms with Crippen molar-refractivity contribution < 1.29 is 8.42 Å². The lowest BCUT2D eigenvalue weighted by atomic mass is 10.1. The molecular weight excluding hydrogens is 427 g/mol. The molecule has 6 nitrogen and oxygen atoms in total. The van der Waals surface area contributed by atoms with Crippen LogP contribution in [0.1, 0.15) is 25.0 Å². The van der Waals surface area contributed by atoms with Crippen molar-refractivity contribution in [2.45, 2.75) is 32.9 Å². The Hall–Kier alpha value is -0.870. The summed E-state index contributed by atoms with van der Waals surface area (Å²) in [5.74, 6) is 0.631. The molecule has 0 saturated heterocycles. The minimum absolute atomic E-state index is 0. The molecule has 1 aromatic rings. The smallest absolute Gasteiger partial charge is 0.209 e. The molecule has 0 amide bonds. The minimum atomic E-state index is -3.25. The number of rotatable bonds is 6. The first kappa shape index (κ1) is 22.1. The number of sulfonamides is 1. The number of nitrogens with one attached hydrogen (secondary N) is 3. The third-order valence-electron chi connectivity index (χ3n) is 3.09. The number of aliphatic imine (C=N–C) groups is 1. The van der Waals surface area contributed by atoms with E-state index in [0.29, 0.717) is 19.0 Å². The zero-order valence-electron chi connectivity index (χ0n) is 14.3. The maximum atomic E-state index is 11.3. The van der Waals surface area contributed by atoms with Crippen LogP contribution in [0.3, 0.4) is 0 Å². The maximum absolute atomic E-state index is 11.3. The SMILES string of the molecule is CN=C(NCc1ccccc1C)NCC(C)(C)NS(C)(=O)=O.I. The summed E-state index contributed by atoms with van der Waals surface area (Å²) in [7, 11) is -1.56. The van der Waals surface area contributed by atoms with Gasteiger partial charge in [0.15, 0.2) is 5.96 Å². The van der Waals surface area contributed by atoms with Crippen LogP contribution in [0.2, 0.25) is 0 Å².